The van der Waals surface area contributed by atoms with E-state index in [0.29, 0.717) is 22.5 Å². The molecule has 0 unspecified atom stereocenters. The third-order valence-corrected chi connectivity index (χ3v) is 5.02. The van der Waals surface area contributed by atoms with Gasteiger partial charge in [0.15, 0.2) is 5.78 Å². The fraction of sp³-hybridized carbons (Fsp3) is 0.333. The smallest absolute Gasteiger partial charge is 0.339 e. The van der Waals surface area contributed by atoms with Crippen LogP contribution < -0.4 is 0 Å². The minimum atomic E-state index is -0.440. The van der Waals surface area contributed by atoms with E-state index in [1.54, 1.807) is 13.8 Å². The zero-order chi connectivity index (χ0) is 19.7. The van der Waals surface area contributed by atoms with Gasteiger partial charge in [-0.2, -0.15) is 0 Å². The first-order chi connectivity index (χ1) is 12.8. The van der Waals surface area contributed by atoms with Crippen molar-refractivity contribution in [3.05, 3.63) is 58.6 Å². The number of aromatic amines is 1. The summed E-state index contributed by atoms with van der Waals surface area (Å²) in [4.78, 5) is 29.7. The lowest BCUT2D eigenvalue weighted by Crippen LogP contribution is -2.29. The Kier molecular flexibility index (Phi) is 5.19. The summed E-state index contributed by atoms with van der Waals surface area (Å²) in [5, 5.41) is 1.04. The normalized spacial score (nSPS) is 12.5. The van der Waals surface area contributed by atoms with Gasteiger partial charge >= 0.3 is 5.97 Å². The summed E-state index contributed by atoms with van der Waals surface area (Å²) in [5.74, 6) is 0.279. The van der Waals surface area contributed by atoms with Crippen molar-refractivity contribution < 1.29 is 18.7 Å². The van der Waals surface area contributed by atoms with Gasteiger partial charge in [-0.1, -0.05) is 18.2 Å². The molecule has 0 saturated heterocycles. The van der Waals surface area contributed by atoms with Gasteiger partial charge in [-0.3, -0.25) is 9.69 Å². The van der Waals surface area contributed by atoms with Gasteiger partial charge in [0.2, 0.25) is 0 Å². The number of para-hydroxylation sites is 1. The number of aryl methyl sites for hydroxylation is 1. The van der Waals surface area contributed by atoms with Crippen LogP contribution in [0.2, 0.25) is 0 Å². The van der Waals surface area contributed by atoms with Crippen LogP contribution in [0.25, 0.3) is 11.0 Å². The lowest BCUT2D eigenvalue weighted by atomic mass is 10.1. The molecular weight excluding hydrogens is 344 g/mol. The molecule has 0 saturated carbocycles. The highest BCUT2D eigenvalue weighted by Gasteiger charge is 2.25. The van der Waals surface area contributed by atoms with Crippen molar-refractivity contribution in [2.75, 3.05) is 20.7 Å². The number of carbonyl (C=O) groups excluding carboxylic acids is 2. The fourth-order valence-electron chi connectivity index (χ4n) is 3.31. The Bertz CT molecular complexity index is 966. The molecule has 27 heavy (non-hydrogen) atoms. The first-order valence-corrected chi connectivity index (χ1v) is 8.82. The van der Waals surface area contributed by atoms with E-state index in [1.165, 1.54) is 7.11 Å². The Labute approximate surface area is 158 Å². The molecule has 0 amide bonds. The highest BCUT2D eigenvalue weighted by molar-refractivity contribution is 6.02. The van der Waals surface area contributed by atoms with Crippen molar-refractivity contribution in [2.45, 2.75) is 26.8 Å². The molecule has 0 radical (unpaired) electrons. The number of H-pyrrole nitrogens is 1. The van der Waals surface area contributed by atoms with Gasteiger partial charge in [0.1, 0.15) is 11.3 Å². The summed E-state index contributed by atoms with van der Waals surface area (Å²) in [7, 11) is 3.21. The maximum Gasteiger partial charge on any atom is 0.339 e. The number of nitrogens with one attached hydrogen (secondary N) is 1. The van der Waals surface area contributed by atoms with E-state index in [2.05, 4.69) is 4.98 Å². The minimum Gasteiger partial charge on any atom is -0.465 e. The van der Waals surface area contributed by atoms with E-state index >= 15 is 0 Å². The number of fused-ring (bicyclic) bond motifs is 1. The first kappa shape index (κ1) is 18.9. The predicted octanol–water partition coefficient (Wildman–Crippen LogP) is 4.04. The lowest BCUT2D eigenvalue weighted by molar-refractivity contribution is 0.0599. The number of Topliss-reactive ketones (excluding diaryl/α,β-unsaturated/α-hetero) is 1. The number of nitrogens with zero attached hydrogens (tertiary/aromatic N) is 1. The van der Waals surface area contributed by atoms with Crippen molar-refractivity contribution in [3.63, 3.8) is 0 Å². The Morgan fingerprint density at radius 1 is 1.26 bits per heavy atom. The van der Waals surface area contributed by atoms with Crippen LogP contribution in [0, 0.1) is 13.8 Å². The summed E-state index contributed by atoms with van der Waals surface area (Å²) in [6.45, 7) is 5.71. The summed E-state index contributed by atoms with van der Waals surface area (Å²) in [6, 6.07) is 9.76. The molecule has 0 spiro atoms. The zero-order valence-corrected chi connectivity index (χ0v) is 16.3. The summed E-state index contributed by atoms with van der Waals surface area (Å²) in [6.07, 6.45) is 0. The van der Waals surface area contributed by atoms with Crippen molar-refractivity contribution in [1.82, 2.24) is 9.88 Å². The van der Waals surface area contributed by atoms with Crippen LogP contribution in [0.1, 0.15) is 50.8 Å². The average Bonchev–Trinajstić information content (AvgIpc) is 3.21. The number of benzene rings is 1. The second-order valence-corrected chi connectivity index (χ2v) is 6.82. The number of hydrogen-bond acceptors (Lipinski definition) is 5. The summed E-state index contributed by atoms with van der Waals surface area (Å²) in [5.41, 5.74) is 2.95. The van der Waals surface area contributed by atoms with Crippen LogP contribution in [0.4, 0.5) is 0 Å². The van der Waals surface area contributed by atoms with E-state index in [-0.39, 0.29) is 18.4 Å². The van der Waals surface area contributed by atoms with Crippen LogP contribution >= 0.6 is 0 Å². The molecule has 3 rings (SSSR count). The number of carbonyl (C=O) groups is 2. The first-order valence-electron chi connectivity index (χ1n) is 8.82. The fourth-order valence-corrected chi connectivity index (χ4v) is 3.31. The largest absolute Gasteiger partial charge is 0.465 e. The molecule has 6 nitrogen and oxygen atoms in total. The quantitative estimate of drug-likeness (QED) is 0.525. The Balaban J connectivity index is 1.78. The van der Waals surface area contributed by atoms with E-state index in [1.807, 2.05) is 49.2 Å². The van der Waals surface area contributed by atoms with Crippen LogP contribution in [-0.2, 0) is 4.74 Å². The maximum absolute atomic E-state index is 12.8. The molecule has 142 valence electrons. The number of methoxy groups -OCH3 is 1. The van der Waals surface area contributed by atoms with Crippen LogP contribution in [-0.4, -0.2) is 42.3 Å². The molecule has 1 atom stereocenters. The number of rotatable bonds is 6. The van der Waals surface area contributed by atoms with E-state index in [0.717, 1.165) is 16.7 Å². The second-order valence-electron chi connectivity index (χ2n) is 6.82. The second kappa shape index (κ2) is 7.40. The van der Waals surface area contributed by atoms with Crippen LogP contribution in [0.15, 0.2) is 34.7 Å². The van der Waals surface area contributed by atoms with Crippen LogP contribution in [0.3, 0.4) is 0 Å². The van der Waals surface area contributed by atoms with Gasteiger partial charge in [0.25, 0.3) is 0 Å². The third-order valence-electron chi connectivity index (χ3n) is 5.02. The monoisotopic (exact) mass is 368 g/mol. The number of esters is 1. The van der Waals surface area contributed by atoms with E-state index < -0.39 is 5.97 Å². The Morgan fingerprint density at radius 3 is 2.63 bits per heavy atom. The lowest BCUT2D eigenvalue weighted by Gasteiger charge is -2.22. The number of aromatic nitrogens is 1. The van der Waals surface area contributed by atoms with Crippen molar-refractivity contribution in [3.8, 4) is 0 Å². The molecule has 0 aliphatic rings. The van der Waals surface area contributed by atoms with Crippen LogP contribution in [0.5, 0.6) is 0 Å². The highest BCUT2D eigenvalue weighted by atomic mass is 16.5. The van der Waals surface area contributed by atoms with Gasteiger partial charge in [0.05, 0.1) is 31.0 Å². The molecule has 1 N–H and O–H groups in total. The number of furan rings is 1. The molecule has 0 aliphatic carbocycles. The Hall–Kier alpha value is -2.86. The standard InChI is InChI=1S/C21H24N2O4/c1-12-19(21(25)26-5)13(2)22-20(12)16(24)11-23(4)14(3)18-10-15-8-6-7-9-17(15)27-18/h6-10,14,22H,11H2,1-5H3/t14-/m0/s1. The SMILES string of the molecule is COC(=O)c1c(C)[nH]c(C(=O)CN(C)[C@@H](C)c2cc3ccccc3o2)c1C. The predicted molar refractivity (Wildman–Crippen MR) is 103 cm³/mol. The number of hydrogen-bond donors (Lipinski definition) is 1. The van der Waals surface area contributed by atoms with Gasteiger partial charge in [-0.15, -0.1) is 0 Å². The number of ether oxygens (including phenoxy) is 1. The molecule has 0 fully saturated rings. The summed E-state index contributed by atoms with van der Waals surface area (Å²) < 4.78 is 10.7. The molecule has 6 heteroatoms. The van der Waals surface area contributed by atoms with Crippen molar-refractivity contribution in [2.24, 2.45) is 0 Å². The number of likely N-dealkylation sites (N-methyl/N-ethyl adjacent to an activating group) is 1. The van der Waals surface area contributed by atoms with Gasteiger partial charge in [0, 0.05) is 11.1 Å². The molecule has 0 aliphatic heterocycles. The van der Waals surface area contributed by atoms with Crippen molar-refractivity contribution >= 4 is 22.7 Å². The molecule has 1 aromatic carbocycles. The molecule has 3 aromatic rings. The van der Waals surface area contributed by atoms with E-state index in [9.17, 15) is 9.59 Å². The maximum atomic E-state index is 12.8. The van der Waals surface area contributed by atoms with Gasteiger partial charge < -0.3 is 14.1 Å². The third kappa shape index (κ3) is 3.53. The topological polar surface area (TPSA) is 75.5 Å². The minimum absolute atomic E-state index is 0.0715. The molecule has 0 bridgehead atoms. The molecule has 2 heterocycles. The van der Waals surface area contributed by atoms with Gasteiger partial charge in [-0.25, -0.2) is 4.79 Å². The van der Waals surface area contributed by atoms with Gasteiger partial charge in [-0.05, 0) is 45.5 Å². The molecular formula is C21H24N2O4. The summed E-state index contributed by atoms with van der Waals surface area (Å²) >= 11 is 0. The number of ketones is 1. The highest BCUT2D eigenvalue weighted by Crippen LogP contribution is 2.27. The van der Waals surface area contributed by atoms with Crippen molar-refractivity contribution in [1.29, 1.82) is 0 Å². The van der Waals surface area contributed by atoms with E-state index in [4.69, 9.17) is 9.15 Å². The zero-order valence-electron chi connectivity index (χ0n) is 16.3. The Morgan fingerprint density at radius 2 is 1.96 bits per heavy atom. The average molecular weight is 368 g/mol. The molecule has 2 aromatic heterocycles.